The molecule has 1 atom stereocenters. The van der Waals surface area contributed by atoms with E-state index in [0.717, 1.165) is 19.7 Å². The Kier molecular flexibility index (Phi) is 5.24. The summed E-state index contributed by atoms with van der Waals surface area (Å²) in [7, 11) is 0. The van der Waals surface area contributed by atoms with Crippen LogP contribution in [0.4, 0.5) is 4.39 Å². The number of amides is 1. The number of carbonyl (C=O) groups excluding carboxylic acids is 1. The molecule has 2 rings (SSSR count). The molecule has 112 valence electrons. The van der Waals surface area contributed by atoms with Crippen LogP contribution >= 0.6 is 27.3 Å². The van der Waals surface area contributed by atoms with Crippen LogP contribution in [0.1, 0.15) is 11.4 Å². The highest BCUT2D eigenvalue weighted by atomic mass is 79.9. The van der Waals surface area contributed by atoms with Gasteiger partial charge in [-0.1, -0.05) is 15.9 Å². The number of nitrogens with zero attached hydrogens (tertiary/aromatic N) is 1. The molecule has 1 aromatic carbocycles. The van der Waals surface area contributed by atoms with E-state index in [-0.39, 0.29) is 6.42 Å². The zero-order valence-electron chi connectivity index (χ0n) is 10.8. The Morgan fingerprint density at radius 3 is 2.90 bits per heavy atom. The normalized spacial score (nSPS) is 12.3. The number of benzene rings is 1. The van der Waals surface area contributed by atoms with Crippen LogP contribution in [0, 0.1) is 0 Å². The van der Waals surface area contributed by atoms with Gasteiger partial charge in [0.1, 0.15) is 6.67 Å². The SMILES string of the molecule is O=C(CCc1nc2cc(Br)ccc2s1)NC(CF)C(=O)O. The Labute approximate surface area is 132 Å². The highest BCUT2D eigenvalue weighted by molar-refractivity contribution is 9.10. The predicted molar refractivity (Wildman–Crippen MR) is 81.2 cm³/mol. The number of hydrogen-bond donors (Lipinski definition) is 2. The molecule has 1 heterocycles. The molecule has 0 aliphatic heterocycles. The van der Waals surface area contributed by atoms with Gasteiger partial charge < -0.3 is 10.4 Å². The molecular formula is C13H12BrFN2O3S. The standard InChI is InChI=1S/C13H12BrFN2O3S/c14-7-1-2-10-8(5-7)17-12(21-10)4-3-11(18)16-9(6-15)13(19)20/h1-2,5,9H,3-4,6H2,(H,16,18)(H,19,20). The van der Waals surface area contributed by atoms with Crippen LogP contribution in [0.15, 0.2) is 22.7 Å². The molecule has 2 aromatic rings. The van der Waals surface area contributed by atoms with E-state index in [1.807, 2.05) is 18.2 Å². The van der Waals surface area contributed by atoms with Crippen LogP contribution in [-0.2, 0) is 16.0 Å². The molecule has 0 saturated carbocycles. The number of nitrogens with one attached hydrogen (secondary N) is 1. The molecule has 0 saturated heterocycles. The molecule has 0 bridgehead atoms. The minimum absolute atomic E-state index is 0.0742. The molecule has 0 radical (unpaired) electrons. The number of halogens is 2. The van der Waals surface area contributed by atoms with Crippen molar-refractivity contribution < 1.29 is 19.1 Å². The largest absolute Gasteiger partial charge is 0.480 e. The van der Waals surface area contributed by atoms with Gasteiger partial charge in [-0.25, -0.2) is 14.2 Å². The van der Waals surface area contributed by atoms with Crippen molar-refractivity contribution in [3.8, 4) is 0 Å². The van der Waals surface area contributed by atoms with Gasteiger partial charge in [0.15, 0.2) is 6.04 Å². The summed E-state index contributed by atoms with van der Waals surface area (Å²) >= 11 is 4.84. The molecule has 0 fully saturated rings. The summed E-state index contributed by atoms with van der Waals surface area (Å²) in [6.07, 6.45) is 0.464. The van der Waals surface area contributed by atoms with Gasteiger partial charge in [-0.2, -0.15) is 0 Å². The third-order valence-electron chi connectivity index (χ3n) is 2.75. The van der Waals surface area contributed by atoms with Gasteiger partial charge in [0, 0.05) is 17.3 Å². The molecule has 2 N–H and O–H groups in total. The molecule has 0 spiro atoms. The lowest BCUT2D eigenvalue weighted by atomic mass is 10.2. The first-order chi connectivity index (χ1) is 9.99. The Bertz CT molecular complexity index is 676. The number of fused-ring (bicyclic) bond motifs is 1. The van der Waals surface area contributed by atoms with Gasteiger partial charge in [0.05, 0.1) is 15.2 Å². The number of alkyl halides is 1. The Morgan fingerprint density at radius 2 is 2.24 bits per heavy atom. The number of aliphatic carboxylic acids is 1. The molecule has 21 heavy (non-hydrogen) atoms. The quantitative estimate of drug-likeness (QED) is 0.813. The number of aryl methyl sites for hydroxylation is 1. The van der Waals surface area contributed by atoms with Crippen LogP contribution in [0.2, 0.25) is 0 Å². The summed E-state index contributed by atoms with van der Waals surface area (Å²) < 4.78 is 14.3. The van der Waals surface area contributed by atoms with E-state index < -0.39 is 24.6 Å². The second kappa shape index (κ2) is 6.95. The van der Waals surface area contributed by atoms with Crippen molar-refractivity contribution in [1.29, 1.82) is 0 Å². The molecular weight excluding hydrogens is 363 g/mol. The second-order valence-corrected chi connectivity index (χ2v) is 6.36. The van der Waals surface area contributed by atoms with Crippen molar-refractivity contribution in [2.45, 2.75) is 18.9 Å². The topological polar surface area (TPSA) is 79.3 Å². The van der Waals surface area contributed by atoms with E-state index in [1.54, 1.807) is 0 Å². The summed E-state index contributed by atoms with van der Waals surface area (Å²) in [5.74, 6) is -1.88. The fourth-order valence-corrected chi connectivity index (χ4v) is 3.00. The molecule has 0 aliphatic rings. The van der Waals surface area contributed by atoms with Crippen LogP contribution in [0.25, 0.3) is 10.2 Å². The fraction of sp³-hybridized carbons (Fsp3) is 0.308. The summed E-state index contributed by atoms with van der Waals surface area (Å²) in [6, 6.07) is 4.25. The van der Waals surface area contributed by atoms with Crippen LogP contribution in [0.5, 0.6) is 0 Å². The lowest BCUT2D eigenvalue weighted by Crippen LogP contribution is -2.42. The van der Waals surface area contributed by atoms with E-state index >= 15 is 0 Å². The second-order valence-electron chi connectivity index (χ2n) is 4.33. The fourth-order valence-electron chi connectivity index (χ4n) is 1.71. The number of carbonyl (C=O) groups is 2. The summed E-state index contributed by atoms with van der Waals surface area (Å²) in [4.78, 5) is 26.6. The molecule has 8 heteroatoms. The maximum Gasteiger partial charge on any atom is 0.328 e. The van der Waals surface area contributed by atoms with Gasteiger partial charge in [-0.3, -0.25) is 4.79 Å². The number of carboxylic acids is 1. The van der Waals surface area contributed by atoms with E-state index in [9.17, 15) is 14.0 Å². The monoisotopic (exact) mass is 374 g/mol. The average molecular weight is 375 g/mol. The number of aromatic nitrogens is 1. The maximum atomic E-state index is 12.4. The van der Waals surface area contributed by atoms with E-state index in [1.165, 1.54) is 11.3 Å². The van der Waals surface area contributed by atoms with Gasteiger partial charge in [-0.05, 0) is 18.2 Å². The average Bonchev–Trinajstić information content (AvgIpc) is 2.84. The van der Waals surface area contributed by atoms with Gasteiger partial charge in [0.25, 0.3) is 0 Å². The first-order valence-electron chi connectivity index (χ1n) is 6.12. The third-order valence-corrected chi connectivity index (χ3v) is 4.34. The molecule has 0 aliphatic carbocycles. The third kappa shape index (κ3) is 4.21. The number of carboxylic acid groups (broad SMARTS) is 1. The lowest BCUT2D eigenvalue weighted by Gasteiger charge is -2.09. The van der Waals surface area contributed by atoms with Crippen molar-refractivity contribution in [3.05, 3.63) is 27.7 Å². The first-order valence-corrected chi connectivity index (χ1v) is 7.73. The summed E-state index contributed by atoms with van der Waals surface area (Å²) in [5, 5.41) is 11.6. The number of hydrogen-bond acceptors (Lipinski definition) is 4. The molecule has 1 aromatic heterocycles. The van der Waals surface area contributed by atoms with E-state index in [0.29, 0.717) is 6.42 Å². The highest BCUT2D eigenvalue weighted by Gasteiger charge is 2.19. The smallest absolute Gasteiger partial charge is 0.328 e. The van der Waals surface area contributed by atoms with Gasteiger partial charge in [-0.15, -0.1) is 11.3 Å². The summed E-state index contributed by atoms with van der Waals surface area (Å²) in [6.45, 7) is -1.13. The van der Waals surface area contributed by atoms with E-state index in [4.69, 9.17) is 5.11 Å². The molecule has 1 unspecified atom stereocenters. The van der Waals surface area contributed by atoms with Crippen molar-refractivity contribution >= 4 is 49.4 Å². The summed E-state index contributed by atoms with van der Waals surface area (Å²) in [5.41, 5.74) is 0.844. The van der Waals surface area contributed by atoms with Crippen LogP contribution in [0.3, 0.4) is 0 Å². The number of rotatable bonds is 6. The Balaban J connectivity index is 1.95. The Hall–Kier alpha value is -1.54. The lowest BCUT2D eigenvalue weighted by molar-refractivity contribution is -0.142. The molecule has 5 nitrogen and oxygen atoms in total. The molecule has 1 amide bonds. The van der Waals surface area contributed by atoms with Gasteiger partial charge >= 0.3 is 5.97 Å². The zero-order valence-corrected chi connectivity index (χ0v) is 13.2. The first kappa shape index (κ1) is 15.8. The van der Waals surface area contributed by atoms with Gasteiger partial charge in [0.2, 0.25) is 5.91 Å². The highest BCUT2D eigenvalue weighted by Crippen LogP contribution is 2.25. The van der Waals surface area contributed by atoms with Crippen molar-refractivity contribution in [2.75, 3.05) is 6.67 Å². The predicted octanol–water partition coefficient (Wildman–Crippen LogP) is 2.53. The maximum absolute atomic E-state index is 12.4. The zero-order chi connectivity index (χ0) is 15.4. The van der Waals surface area contributed by atoms with Crippen molar-refractivity contribution in [2.24, 2.45) is 0 Å². The van der Waals surface area contributed by atoms with Crippen LogP contribution < -0.4 is 5.32 Å². The van der Waals surface area contributed by atoms with Crippen molar-refractivity contribution in [3.63, 3.8) is 0 Å². The number of thiazole rings is 1. The minimum Gasteiger partial charge on any atom is -0.480 e. The Morgan fingerprint density at radius 1 is 1.48 bits per heavy atom. The van der Waals surface area contributed by atoms with Crippen molar-refractivity contribution in [1.82, 2.24) is 10.3 Å². The minimum atomic E-state index is -1.48. The van der Waals surface area contributed by atoms with E-state index in [2.05, 4.69) is 26.2 Å². The van der Waals surface area contributed by atoms with Crippen LogP contribution in [-0.4, -0.2) is 34.7 Å².